The molecule has 0 aliphatic carbocycles. The van der Waals surface area contributed by atoms with E-state index in [0.29, 0.717) is 5.56 Å². The van der Waals surface area contributed by atoms with E-state index in [9.17, 15) is 0 Å². The monoisotopic (exact) mass is 161 g/mol. The van der Waals surface area contributed by atoms with Crippen molar-refractivity contribution in [3.05, 3.63) is 35.9 Å². The van der Waals surface area contributed by atoms with Crippen LogP contribution in [0.15, 0.2) is 24.3 Å². The fourth-order valence-electron chi connectivity index (χ4n) is 0.463. The van der Waals surface area contributed by atoms with E-state index in [4.69, 9.17) is 5.26 Å². The number of halogens is 1. The van der Waals surface area contributed by atoms with Gasteiger partial charge in [-0.3, -0.25) is 5.26 Å². The third-order valence-electron chi connectivity index (χ3n) is 0.830. The largest absolute Gasteiger partial charge is 2.00 e. The quantitative estimate of drug-likeness (QED) is 0.319. The average molecular weight is 162 g/mol. The van der Waals surface area contributed by atoms with E-state index >= 15 is 0 Å². The van der Waals surface area contributed by atoms with Crippen molar-refractivity contribution < 1.29 is 12.4 Å². The van der Waals surface area contributed by atoms with Crippen LogP contribution in [0, 0.1) is 17.4 Å². The van der Waals surface area contributed by atoms with Gasteiger partial charge in [0.25, 0.3) is 0 Å². The summed E-state index contributed by atoms with van der Waals surface area (Å²) in [5.41, 5.74) is 0.590. The van der Waals surface area contributed by atoms with Gasteiger partial charge in [-0.25, -0.2) is 0 Å². The van der Waals surface area contributed by atoms with Gasteiger partial charge in [-0.05, 0) is 6.07 Å². The molecular formula is C7H4ClMgN. The number of hydrogen-bond donors (Lipinski definition) is 0. The van der Waals surface area contributed by atoms with Crippen molar-refractivity contribution in [1.82, 2.24) is 0 Å². The van der Waals surface area contributed by atoms with E-state index in [1.807, 2.05) is 18.2 Å². The Bertz CT molecular complexity index is 205. The first-order chi connectivity index (χ1) is 3.93. The molecule has 1 aromatic carbocycles. The fourth-order valence-corrected chi connectivity index (χ4v) is 0.463. The van der Waals surface area contributed by atoms with E-state index < -0.39 is 0 Å². The van der Waals surface area contributed by atoms with Gasteiger partial charge in [-0.2, -0.15) is 0 Å². The summed E-state index contributed by atoms with van der Waals surface area (Å²) in [7, 11) is 0. The molecule has 0 saturated heterocycles. The summed E-state index contributed by atoms with van der Waals surface area (Å²) in [6.07, 6.45) is 0. The zero-order valence-electron chi connectivity index (χ0n) is 5.34. The Morgan fingerprint density at radius 3 is 2.40 bits per heavy atom. The number of hydrogen-bond acceptors (Lipinski definition) is 1. The smallest absolute Gasteiger partial charge is 1.00 e. The molecule has 0 fully saturated rings. The van der Waals surface area contributed by atoms with Gasteiger partial charge in [0.05, 0.1) is 0 Å². The molecule has 0 spiro atoms. The summed E-state index contributed by atoms with van der Waals surface area (Å²) in [4.78, 5) is 0. The maximum atomic E-state index is 8.26. The first-order valence-corrected chi connectivity index (χ1v) is 2.30. The van der Waals surface area contributed by atoms with Crippen LogP contribution in [0.1, 0.15) is 5.56 Å². The zero-order chi connectivity index (χ0) is 5.82. The molecule has 0 bridgehead atoms. The van der Waals surface area contributed by atoms with Crippen LogP contribution in [0.25, 0.3) is 0 Å². The van der Waals surface area contributed by atoms with Crippen LogP contribution in [0.3, 0.4) is 0 Å². The van der Waals surface area contributed by atoms with Crippen LogP contribution in [-0.2, 0) is 0 Å². The molecule has 10 heavy (non-hydrogen) atoms. The second kappa shape index (κ2) is 6.88. The number of nitriles is 1. The van der Waals surface area contributed by atoms with E-state index in [0.717, 1.165) is 0 Å². The molecule has 0 N–H and O–H groups in total. The Morgan fingerprint density at radius 1 is 1.40 bits per heavy atom. The molecule has 0 saturated carbocycles. The van der Waals surface area contributed by atoms with Gasteiger partial charge in [-0.1, -0.05) is 5.56 Å². The first kappa shape index (κ1) is 12.4. The number of nitrogens with zero attached hydrogens (tertiary/aromatic N) is 1. The van der Waals surface area contributed by atoms with Crippen molar-refractivity contribution in [2.75, 3.05) is 0 Å². The molecule has 0 heterocycles. The Balaban J connectivity index is 0. The van der Waals surface area contributed by atoms with Gasteiger partial charge in [0.1, 0.15) is 0 Å². The molecule has 0 aliphatic heterocycles. The van der Waals surface area contributed by atoms with Crippen LogP contribution in [0.2, 0.25) is 0 Å². The molecule has 0 aliphatic rings. The maximum absolute atomic E-state index is 8.26. The van der Waals surface area contributed by atoms with E-state index in [2.05, 4.69) is 6.07 Å². The maximum Gasteiger partial charge on any atom is 2.00 e. The minimum absolute atomic E-state index is 0. The van der Waals surface area contributed by atoms with Gasteiger partial charge in [0, 0.05) is 0 Å². The van der Waals surface area contributed by atoms with Gasteiger partial charge < -0.3 is 12.4 Å². The van der Waals surface area contributed by atoms with Crippen molar-refractivity contribution in [1.29, 1.82) is 5.26 Å². The molecule has 0 radical (unpaired) electrons. The van der Waals surface area contributed by atoms with Crippen molar-refractivity contribution in [3.63, 3.8) is 0 Å². The molecule has 0 aromatic heterocycles. The van der Waals surface area contributed by atoms with Crippen LogP contribution < -0.4 is 12.4 Å². The standard InChI is InChI=1S/C7H4N.ClH.Mg/c8-6-7-4-2-1-3-5-7;;/h1-4H;1H;/q-1;;+2/p-1. The second-order valence-corrected chi connectivity index (χ2v) is 1.39. The van der Waals surface area contributed by atoms with Crippen LogP contribution in [-0.4, -0.2) is 23.1 Å². The van der Waals surface area contributed by atoms with Gasteiger partial charge in [-0.15, -0.1) is 30.3 Å². The molecule has 1 rings (SSSR count). The van der Waals surface area contributed by atoms with Crippen molar-refractivity contribution in [3.8, 4) is 6.07 Å². The minimum Gasteiger partial charge on any atom is -1.00 e. The predicted octanol–water partition coefficient (Wildman–Crippen LogP) is -2.02. The molecular weight excluding hydrogens is 158 g/mol. The molecule has 1 nitrogen and oxygen atoms in total. The molecule has 0 amide bonds. The Labute approximate surface area is 82.6 Å². The van der Waals surface area contributed by atoms with Crippen LogP contribution in [0.4, 0.5) is 0 Å². The SMILES string of the molecule is N#Cc1[c-]cccc1.[Cl-].[Mg+2]. The van der Waals surface area contributed by atoms with E-state index in [1.165, 1.54) is 0 Å². The second-order valence-electron chi connectivity index (χ2n) is 1.39. The van der Waals surface area contributed by atoms with E-state index in [1.54, 1.807) is 12.1 Å². The molecule has 1 aromatic rings. The Hall–Kier alpha value is -0.234. The Morgan fingerprint density at radius 2 is 2.10 bits per heavy atom. The van der Waals surface area contributed by atoms with Gasteiger partial charge in [0.2, 0.25) is 0 Å². The Kier molecular flexibility index (Phi) is 8.56. The summed E-state index contributed by atoms with van der Waals surface area (Å²) in [6, 6.07) is 11.8. The number of benzene rings is 1. The normalized spacial score (nSPS) is 6.30. The molecule has 3 heteroatoms. The summed E-state index contributed by atoms with van der Waals surface area (Å²) >= 11 is 0. The van der Waals surface area contributed by atoms with E-state index in [-0.39, 0.29) is 35.5 Å². The van der Waals surface area contributed by atoms with Crippen molar-refractivity contribution in [2.45, 2.75) is 0 Å². The summed E-state index contributed by atoms with van der Waals surface area (Å²) in [5, 5.41) is 8.26. The molecule has 0 atom stereocenters. The van der Waals surface area contributed by atoms with Crippen molar-refractivity contribution in [2.24, 2.45) is 0 Å². The number of rotatable bonds is 0. The van der Waals surface area contributed by atoms with Gasteiger partial charge >= 0.3 is 23.1 Å². The predicted molar refractivity (Wildman–Crippen MR) is 35.7 cm³/mol. The average Bonchev–Trinajstić information content (AvgIpc) is 1.90. The molecule has 0 unspecified atom stereocenters. The summed E-state index contributed by atoms with van der Waals surface area (Å²) in [6.45, 7) is 0. The van der Waals surface area contributed by atoms with Crippen molar-refractivity contribution >= 4 is 23.1 Å². The zero-order valence-corrected chi connectivity index (χ0v) is 7.51. The molecule has 46 valence electrons. The summed E-state index contributed by atoms with van der Waals surface area (Å²) in [5.74, 6) is 0. The van der Waals surface area contributed by atoms with Crippen LogP contribution in [0.5, 0.6) is 0 Å². The first-order valence-electron chi connectivity index (χ1n) is 2.30. The minimum atomic E-state index is 0. The summed E-state index contributed by atoms with van der Waals surface area (Å²) < 4.78 is 0. The van der Waals surface area contributed by atoms with Gasteiger partial charge in [0.15, 0.2) is 0 Å². The van der Waals surface area contributed by atoms with Crippen LogP contribution >= 0.6 is 0 Å². The third kappa shape index (κ3) is 3.73. The fraction of sp³-hybridized carbons (Fsp3) is 0. The third-order valence-corrected chi connectivity index (χ3v) is 0.830. The topological polar surface area (TPSA) is 23.8 Å².